The first-order valence-corrected chi connectivity index (χ1v) is 8.45. The molecular formula is C16H20Cl2N2O2. The van der Waals surface area contributed by atoms with Gasteiger partial charge in [0.15, 0.2) is 6.10 Å². The van der Waals surface area contributed by atoms with Crippen molar-refractivity contribution >= 4 is 29.1 Å². The fraction of sp³-hybridized carbons (Fsp3) is 0.562. The van der Waals surface area contributed by atoms with Crippen LogP contribution in [0.3, 0.4) is 0 Å². The van der Waals surface area contributed by atoms with Gasteiger partial charge in [-0.25, -0.2) is 0 Å². The average Bonchev–Trinajstić information content (AvgIpc) is 3.24. The van der Waals surface area contributed by atoms with Crippen molar-refractivity contribution in [3.05, 3.63) is 28.2 Å². The number of halogens is 2. The third kappa shape index (κ3) is 3.67. The average molecular weight is 343 g/mol. The minimum atomic E-state index is -0.606. The first-order valence-electron chi connectivity index (χ1n) is 7.69. The number of likely N-dealkylation sites (tertiary alicyclic amines) is 1. The summed E-state index contributed by atoms with van der Waals surface area (Å²) in [7, 11) is 0. The standard InChI is InChI=1S/C16H20Cl2N2O2/c1-10(22-14-4-2-3-13(17)15(14)18)16(21)19-11-7-8-20(9-11)12-5-6-12/h2-4,10-12H,5-9H2,1H3,(H,19,21)/t10-,11-/m1/s1. The molecule has 120 valence electrons. The summed E-state index contributed by atoms with van der Waals surface area (Å²) >= 11 is 12.0. The molecule has 0 unspecified atom stereocenters. The molecule has 2 aliphatic rings. The lowest BCUT2D eigenvalue weighted by Crippen LogP contribution is -2.43. The van der Waals surface area contributed by atoms with Gasteiger partial charge < -0.3 is 10.1 Å². The van der Waals surface area contributed by atoms with Gasteiger partial charge in [-0.2, -0.15) is 0 Å². The molecule has 1 heterocycles. The summed E-state index contributed by atoms with van der Waals surface area (Å²) < 4.78 is 5.64. The van der Waals surface area contributed by atoms with Crippen LogP contribution in [-0.2, 0) is 4.79 Å². The summed E-state index contributed by atoms with van der Waals surface area (Å²) in [6.45, 7) is 3.74. The molecule has 1 N–H and O–H groups in total. The molecule has 1 aliphatic heterocycles. The van der Waals surface area contributed by atoms with E-state index in [9.17, 15) is 4.79 Å². The molecule has 0 spiro atoms. The third-order valence-corrected chi connectivity index (χ3v) is 5.02. The van der Waals surface area contributed by atoms with Gasteiger partial charge in [0.1, 0.15) is 10.8 Å². The van der Waals surface area contributed by atoms with E-state index in [1.54, 1.807) is 25.1 Å². The summed E-state index contributed by atoms with van der Waals surface area (Å²) in [6, 6.07) is 6.11. The van der Waals surface area contributed by atoms with Gasteiger partial charge in [0.2, 0.25) is 0 Å². The van der Waals surface area contributed by atoms with E-state index >= 15 is 0 Å². The van der Waals surface area contributed by atoms with Crippen molar-refractivity contribution in [1.82, 2.24) is 10.2 Å². The minimum Gasteiger partial charge on any atom is -0.479 e. The van der Waals surface area contributed by atoms with E-state index in [0.717, 1.165) is 25.6 Å². The number of nitrogens with zero attached hydrogens (tertiary/aromatic N) is 1. The number of amides is 1. The second-order valence-corrected chi connectivity index (χ2v) is 6.82. The quantitative estimate of drug-likeness (QED) is 0.893. The highest BCUT2D eigenvalue weighted by molar-refractivity contribution is 6.42. The van der Waals surface area contributed by atoms with Gasteiger partial charge in [0.05, 0.1) is 5.02 Å². The molecule has 6 heteroatoms. The first-order chi connectivity index (χ1) is 10.5. The molecule has 1 saturated carbocycles. The molecule has 1 aliphatic carbocycles. The summed E-state index contributed by atoms with van der Waals surface area (Å²) in [5, 5.41) is 3.82. The van der Waals surface area contributed by atoms with E-state index in [-0.39, 0.29) is 11.9 Å². The second-order valence-electron chi connectivity index (χ2n) is 6.03. The molecule has 4 nitrogen and oxygen atoms in total. The normalized spacial score (nSPS) is 23.3. The Hall–Kier alpha value is -0.970. The molecule has 0 aromatic heterocycles. The van der Waals surface area contributed by atoms with Crippen LogP contribution in [0.4, 0.5) is 0 Å². The highest BCUT2D eigenvalue weighted by atomic mass is 35.5. The van der Waals surface area contributed by atoms with Crippen LogP contribution in [0.15, 0.2) is 18.2 Å². The maximum Gasteiger partial charge on any atom is 0.261 e. The van der Waals surface area contributed by atoms with Crippen molar-refractivity contribution in [1.29, 1.82) is 0 Å². The minimum absolute atomic E-state index is 0.112. The molecule has 2 fully saturated rings. The van der Waals surface area contributed by atoms with Crippen LogP contribution < -0.4 is 10.1 Å². The number of ether oxygens (including phenoxy) is 1. The Bertz CT molecular complexity index is 563. The zero-order valence-corrected chi connectivity index (χ0v) is 14.0. The van der Waals surface area contributed by atoms with E-state index in [4.69, 9.17) is 27.9 Å². The fourth-order valence-corrected chi connectivity index (χ4v) is 3.15. The van der Waals surface area contributed by atoms with Crippen LogP contribution in [0.5, 0.6) is 5.75 Å². The van der Waals surface area contributed by atoms with E-state index in [1.807, 2.05) is 0 Å². The number of nitrogens with one attached hydrogen (secondary N) is 1. The number of hydrogen-bond acceptors (Lipinski definition) is 3. The van der Waals surface area contributed by atoms with Crippen LogP contribution in [0.2, 0.25) is 10.0 Å². The van der Waals surface area contributed by atoms with Crippen molar-refractivity contribution in [3.8, 4) is 5.75 Å². The van der Waals surface area contributed by atoms with Gasteiger partial charge in [-0.3, -0.25) is 9.69 Å². The third-order valence-electron chi connectivity index (χ3n) is 4.22. The number of rotatable bonds is 5. The Morgan fingerprint density at radius 3 is 2.86 bits per heavy atom. The maximum absolute atomic E-state index is 12.3. The zero-order valence-electron chi connectivity index (χ0n) is 12.5. The topological polar surface area (TPSA) is 41.6 Å². The number of benzene rings is 1. The van der Waals surface area contributed by atoms with Crippen molar-refractivity contribution in [2.75, 3.05) is 13.1 Å². The summed E-state index contributed by atoms with van der Waals surface area (Å²) in [6.07, 6.45) is 3.00. The van der Waals surface area contributed by atoms with E-state index in [1.165, 1.54) is 12.8 Å². The van der Waals surface area contributed by atoms with E-state index in [2.05, 4.69) is 10.2 Å². The summed E-state index contributed by atoms with van der Waals surface area (Å²) in [4.78, 5) is 14.7. The molecule has 1 aromatic carbocycles. The Balaban J connectivity index is 1.52. The Kier molecular flexibility index (Phi) is 4.81. The summed E-state index contributed by atoms with van der Waals surface area (Å²) in [5.41, 5.74) is 0. The van der Waals surface area contributed by atoms with Crippen LogP contribution in [0.1, 0.15) is 26.2 Å². The lowest BCUT2D eigenvalue weighted by atomic mass is 10.2. The molecule has 3 rings (SSSR count). The maximum atomic E-state index is 12.3. The van der Waals surface area contributed by atoms with Gasteiger partial charge in [0.25, 0.3) is 5.91 Å². The van der Waals surface area contributed by atoms with Crippen LogP contribution >= 0.6 is 23.2 Å². The largest absolute Gasteiger partial charge is 0.479 e. The zero-order chi connectivity index (χ0) is 15.7. The molecule has 0 radical (unpaired) electrons. The monoisotopic (exact) mass is 342 g/mol. The second kappa shape index (κ2) is 6.65. The van der Waals surface area contributed by atoms with E-state index in [0.29, 0.717) is 15.8 Å². The highest BCUT2D eigenvalue weighted by Crippen LogP contribution is 2.32. The predicted octanol–water partition coefficient (Wildman–Crippen LogP) is 3.11. The highest BCUT2D eigenvalue weighted by Gasteiger charge is 2.35. The van der Waals surface area contributed by atoms with Crippen LogP contribution in [0, 0.1) is 0 Å². The van der Waals surface area contributed by atoms with Crippen LogP contribution in [0.25, 0.3) is 0 Å². The lowest BCUT2D eigenvalue weighted by Gasteiger charge is -2.19. The SMILES string of the molecule is C[C@@H](Oc1cccc(Cl)c1Cl)C(=O)N[C@@H]1CCN(C2CC2)C1. The Morgan fingerprint density at radius 2 is 2.14 bits per heavy atom. The molecule has 0 bridgehead atoms. The number of hydrogen-bond donors (Lipinski definition) is 1. The molecular weight excluding hydrogens is 323 g/mol. The molecule has 1 saturated heterocycles. The molecule has 1 amide bonds. The van der Waals surface area contributed by atoms with Crippen molar-refractivity contribution < 1.29 is 9.53 Å². The van der Waals surface area contributed by atoms with Crippen molar-refractivity contribution in [2.45, 2.75) is 44.4 Å². The molecule has 2 atom stereocenters. The van der Waals surface area contributed by atoms with Crippen molar-refractivity contribution in [3.63, 3.8) is 0 Å². The van der Waals surface area contributed by atoms with Gasteiger partial charge >= 0.3 is 0 Å². The first kappa shape index (κ1) is 15.9. The van der Waals surface area contributed by atoms with Crippen LogP contribution in [-0.4, -0.2) is 42.1 Å². The van der Waals surface area contributed by atoms with E-state index < -0.39 is 6.10 Å². The van der Waals surface area contributed by atoms with Gasteiger partial charge in [-0.05, 0) is 38.3 Å². The van der Waals surface area contributed by atoms with Gasteiger partial charge in [0, 0.05) is 25.2 Å². The molecule has 1 aromatic rings. The Labute approximate surface area is 140 Å². The lowest BCUT2D eigenvalue weighted by molar-refractivity contribution is -0.127. The summed E-state index contributed by atoms with van der Waals surface area (Å²) in [5.74, 6) is 0.321. The van der Waals surface area contributed by atoms with Gasteiger partial charge in [-0.15, -0.1) is 0 Å². The smallest absolute Gasteiger partial charge is 0.261 e. The van der Waals surface area contributed by atoms with Gasteiger partial charge in [-0.1, -0.05) is 29.3 Å². The Morgan fingerprint density at radius 1 is 1.36 bits per heavy atom. The predicted molar refractivity (Wildman–Crippen MR) is 87.7 cm³/mol. The van der Waals surface area contributed by atoms with Crippen molar-refractivity contribution in [2.24, 2.45) is 0 Å². The number of carbonyl (C=O) groups excluding carboxylic acids is 1. The number of carbonyl (C=O) groups is 1. The fourth-order valence-electron chi connectivity index (χ4n) is 2.81. The molecule has 22 heavy (non-hydrogen) atoms.